The van der Waals surface area contributed by atoms with E-state index in [2.05, 4.69) is 21.2 Å². The predicted octanol–water partition coefficient (Wildman–Crippen LogP) is 2.53. The summed E-state index contributed by atoms with van der Waals surface area (Å²) in [5, 5.41) is 2.80. The molecule has 1 aromatic rings. The van der Waals surface area contributed by atoms with Crippen molar-refractivity contribution in [2.24, 2.45) is 5.92 Å². The van der Waals surface area contributed by atoms with E-state index < -0.39 is 9.05 Å². The average Bonchev–Trinajstić information content (AvgIpc) is 2.44. The van der Waals surface area contributed by atoms with E-state index in [0.29, 0.717) is 23.5 Å². The summed E-state index contributed by atoms with van der Waals surface area (Å²) < 4.78 is 28.6. The summed E-state index contributed by atoms with van der Waals surface area (Å²) in [4.78, 5) is 12.0. The molecule has 1 saturated heterocycles. The third-order valence-electron chi connectivity index (χ3n) is 3.22. The first-order chi connectivity index (χ1) is 9.86. The molecule has 8 heteroatoms. The molecule has 1 heterocycles. The van der Waals surface area contributed by atoms with Crippen LogP contribution in [0.2, 0.25) is 0 Å². The van der Waals surface area contributed by atoms with Crippen LogP contribution in [-0.2, 0) is 13.8 Å². The first-order valence-corrected chi connectivity index (χ1v) is 9.57. The Morgan fingerprint density at radius 3 is 2.81 bits per heavy atom. The van der Waals surface area contributed by atoms with E-state index in [4.69, 9.17) is 15.4 Å². The Balaban J connectivity index is 2.06. The number of ether oxygens (including phenoxy) is 1. The molecule has 1 aliphatic heterocycles. The topological polar surface area (TPSA) is 72.5 Å². The summed E-state index contributed by atoms with van der Waals surface area (Å²) >= 11 is 3.18. The molecule has 5 nitrogen and oxygen atoms in total. The Kier molecular flexibility index (Phi) is 5.65. The van der Waals surface area contributed by atoms with Crippen LogP contribution in [-0.4, -0.2) is 34.1 Å². The Morgan fingerprint density at radius 2 is 2.19 bits per heavy atom. The van der Waals surface area contributed by atoms with E-state index in [0.717, 1.165) is 19.4 Å². The van der Waals surface area contributed by atoms with Crippen molar-refractivity contribution in [3.8, 4) is 0 Å². The summed E-state index contributed by atoms with van der Waals surface area (Å²) in [7, 11) is 1.43. The lowest BCUT2D eigenvalue weighted by atomic mass is 10.0. The lowest BCUT2D eigenvalue weighted by Gasteiger charge is -2.22. The molecule has 0 aliphatic carbocycles. The maximum atomic E-state index is 12.1. The second kappa shape index (κ2) is 7.09. The number of hydrogen-bond acceptors (Lipinski definition) is 4. The number of nitrogens with one attached hydrogen (secondary N) is 1. The van der Waals surface area contributed by atoms with Crippen molar-refractivity contribution in [2.75, 3.05) is 19.8 Å². The van der Waals surface area contributed by atoms with Gasteiger partial charge in [-0.05, 0) is 37.0 Å². The summed E-state index contributed by atoms with van der Waals surface area (Å²) in [5.74, 6) is -0.0328. The van der Waals surface area contributed by atoms with Crippen LogP contribution in [0.4, 0.5) is 0 Å². The highest BCUT2D eigenvalue weighted by Crippen LogP contribution is 2.22. The maximum absolute atomic E-state index is 12.1. The van der Waals surface area contributed by atoms with Crippen LogP contribution in [0, 0.1) is 5.92 Å². The molecule has 1 atom stereocenters. The van der Waals surface area contributed by atoms with Crippen molar-refractivity contribution in [1.29, 1.82) is 0 Å². The van der Waals surface area contributed by atoms with Gasteiger partial charge in [-0.2, -0.15) is 0 Å². The molecule has 1 aromatic carbocycles. The summed E-state index contributed by atoms with van der Waals surface area (Å²) in [6.07, 6.45) is 2.01. The second-order valence-corrected chi connectivity index (χ2v) is 8.39. The monoisotopic (exact) mass is 395 g/mol. The van der Waals surface area contributed by atoms with E-state index in [1.165, 1.54) is 12.1 Å². The Bertz CT molecular complexity index is 629. The van der Waals surface area contributed by atoms with Crippen LogP contribution < -0.4 is 5.32 Å². The van der Waals surface area contributed by atoms with Crippen molar-refractivity contribution < 1.29 is 17.9 Å². The number of halogens is 2. The standard InChI is InChI=1S/C13H15BrClNO4S/c14-11-4-10(5-12(6-11)21(15,18)19)13(17)16-7-9-2-1-3-20-8-9/h4-6,9H,1-3,7-8H2,(H,16,17). The molecule has 1 amide bonds. The van der Waals surface area contributed by atoms with Crippen LogP contribution >= 0.6 is 26.6 Å². The molecule has 1 aliphatic rings. The van der Waals surface area contributed by atoms with Crippen molar-refractivity contribution in [1.82, 2.24) is 5.32 Å². The highest BCUT2D eigenvalue weighted by atomic mass is 79.9. The van der Waals surface area contributed by atoms with Crippen LogP contribution in [0.15, 0.2) is 27.6 Å². The fraction of sp³-hybridized carbons (Fsp3) is 0.462. The van der Waals surface area contributed by atoms with Gasteiger partial charge >= 0.3 is 0 Å². The largest absolute Gasteiger partial charge is 0.381 e. The molecular formula is C13H15BrClNO4S. The van der Waals surface area contributed by atoms with Crippen molar-refractivity contribution in [3.05, 3.63) is 28.2 Å². The van der Waals surface area contributed by atoms with Gasteiger partial charge in [0.1, 0.15) is 0 Å². The minimum absolute atomic E-state index is 0.107. The first-order valence-electron chi connectivity index (χ1n) is 6.47. The number of amides is 1. The van der Waals surface area contributed by atoms with Crippen LogP contribution in [0.1, 0.15) is 23.2 Å². The first kappa shape index (κ1) is 16.7. The van der Waals surface area contributed by atoms with Gasteiger partial charge in [-0.25, -0.2) is 8.42 Å². The number of rotatable bonds is 4. The molecular weight excluding hydrogens is 382 g/mol. The van der Waals surface area contributed by atoms with E-state index in [1.807, 2.05) is 0 Å². The van der Waals surface area contributed by atoms with Gasteiger partial charge in [0.05, 0.1) is 11.5 Å². The lowest BCUT2D eigenvalue weighted by Crippen LogP contribution is -2.33. The van der Waals surface area contributed by atoms with Gasteiger partial charge in [-0.3, -0.25) is 4.79 Å². The van der Waals surface area contributed by atoms with Gasteiger partial charge in [0.15, 0.2) is 0 Å². The zero-order valence-corrected chi connectivity index (χ0v) is 14.3. The average molecular weight is 397 g/mol. The number of carbonyl (C=O) groups is 1. The van der Waals surface area contributed by atoms with Gasteiger partial charge < -0.3 is 10.1 Å². The molecule has 21 heavy (non-hydrogen) atoms. The molecule has 0 saturated carbocycles. The van der Waals surface area contributed by atoms with E-state index in [1.54, 1.807) is 6.07 Å². The Labute approximate surface area is 136 Å². The zero-order chi connectivity index (χ0) is 15.5. The molecule has 0 bridgehead atoms. The van der Waals surface area contributed by atoms with Crippen LogP contribution in [0.25, 0.3) is 0 Å². The molecule has 1 fully saturated rings. The smallest absolute Gasteiger partial charge is 0.261 e. The molecule has 1 N–H and O–H groups in total. The molecule has 0 spiro atoms. The fourth-order valence-electron chi connectivity index (χ4n) is 2.14. The van der Waals surface area contributed by atoms with Gasteiger partial charge in [-0.15, -0.1) is 0 Å². The minimum Gasteiger partial charge on any atom is -0.381 e. The zero-order valence-electron chi connectivity index (χ0n) is 11.1. The molecule has 1 unspecified atom stereocenters. The number of hydrogen-bond donors (Lipinski definition) is 1. The Morgan fingerprint density at radius 1 is 1.43 bits per heavy atom. The minimum atomic E-state index is -3.87. The highest BCUT2D eigenvalue weighted by Gasteiger charge is 2.18. The predicted molar refractivity (Wildman–Crippen MR) is 83.1 cm³/mol. The van der Waals surface area contributed by atoms with Crippen molar-refractivity contribution in [3.63, 3.8) is 0 Å². The quantitative estimate of drug-likeness (QED) is 0.794. The third kappa shape index (κ3) is 4.95. The summed E-state index contributed by atoms with van der Waals surface area (Å²) in [6.45, 7) is 1.92. The number of carbonyl (C=O) groups excluding carboxylic acids is 1. The van der Waals surface area contributed by atoms with Gasteiger partial charge in [0.2, 0.25) is 0 Å². The fourth-order valence-corrected chi connectivity index (χ4v) is 3.59. The van der Waals surface area contributed by atoms with Gasteiger partial charge in [0, 0.05) is 33.9 Å². The van der Waals surface area contributed by atoms with Crippen LogP contribution in [0.5, 0.6) is 0 Å². The normalized spacial score (nSPS) is 19.2. The van der Waals surface area contributed by atoms with Crippen molar-refractivity contribution >= 4 is 41.6 Å². The van der Waals surface area contributed by atoms with Gasteiger partial charge in [0.25, 0.3) is 15.0 Å². The van der Waals surface area contributed by atoms with Crippen molar-refractivity contribution in [2.45, 2.75) is 17.7 Å². The van der Waals surface area contributed by atoms with E-state index >= 15 is 0 Å². The maximum Gasteiger partial charge on any atom is 0.261 e. The lowest BCUT2D eigenvalue weighted by molar-refractivity contribution is 0.0536. The second-order valence-electron chi connectivity index (χ2n) is 4.91. The van der Waals surface area contributed by atoms with E-state index in [9.17, 15) is 13.2 Å². The third-order valence-corrected chi connectivity index (χ3v) is 5.01. The molecule has 0 aromatic heterocycles. The highest BCUT2D eigenvalue weighted by molar-refractivity contribution is 9.10. The summed E-state index contributed by atoms with van der Waals surface area (Å²) in [6, 6.07) is 4.17. The SMILES string of the molecule is O=C(NCC1CCCOC1)c1cc(Br)cc(S(=O)(=O)Cl)c1. The number of benzene rings is 1. The Hall–Kier alpha value is -0.630. The molecule has 0 radical (unpaired) electrons. The molecule has 116 valence electrons. The molecule has 2 rings (SSSR count). The van der Waals surface area contributed by atoms with Gasteiger partial charge in [-0.1, -0.05) is 15.9 Å². The summed E-state index contributed by atoms with van der Waals surface area (Å²) in [5.41, 5.74) is 0.250. The van der Waals surface area contributed by atoms with Crippen LogP contribution in [0.3, 0.4) is 0 Å². The van der Waals surface area contributed by atoms with E-state index in [-0.39, 0.29) is 16.4 Å².